The van der Waals surface area contributed by atoms with Gasteiger partial charge in [-0.3, -0.25) is 0 Å². The molecule has 0 saturated heterocycles. The molecular weight excluding hydrogens is 338 g/mol. The van der Waals surface area contributed by atoms with Crippen molar-refractivity contribution < 1.29 is 28.5 Å². The van der Waals surface area contributed by atoms with E-state index in [4.69, 9.17) is 18.9 Å². The normalized spacial score (nSPS) is 12.5. The minimum absolute atomic E-state index is 0.161. The number of carbonyl (C=O) groups is 2. The molecule has 0 amide bonds. The van der Waals surface area contributed by atoms with Crippen LogP contribution >= 0.6 is 0 Å². The third-order valence-electron chi connectivity index (χ3n) is 3.87. The second-order valence-electron chi connectivity index (χ2n) is 5.57. The van der Waals surface area contributed by atoms with Gasteiger partial charge in [0.2, 0.25) is 0 Å². The molecular formula is C19H21NO6. The van der Waals surface area contributed by atoms with Crippen LogP contribution in [0.25, 0.3) is 0 Å². The highest BCUT2D eigenvalue weighted by Crippen LogP contribution is 2.41. The summed E-state index contributed by atoms with van der Waals surface area (Å²) in [6.45, 7) is 4.72. The molecule has 1 aliphatic rings. The van der Waals surface area contributed by atoms with Gasteiger partial charge in [-0.2, -0.15) is 0 Å². The molecule has 7 nitrogen and oxygen atoms in total. The number of hydrogen-bond acceptors (Lipinski definition) is 6. The topological polar surface area (TPSA) is 76.0 Å². The van der Waals surface area contributed by atoms with Gasteiger partial charge in [-0.25, -0.2) is 9.59 Å². The molecule has 0 saturated carbocycles. The summed E-state index contributed by atoms with van der Waals surface area (Å²) in [6, 6.07) is 9.49. The third-order valence-corrected chi connectivity index (χ3v) is 3.87. The monoisotopic (exact) mass is 359 g/mol. The average Bonchev–Trinajstić information content (AvgIpc) is 2.96. The van der Waals surface area contributed by atoms with Crippen LogP contribution in [-0.4, -0.2) is 42.9 Å². The summed E-state index contributed by atoms with van der Waals surface area (Å²) in [5, 5.41) is 0. The maximum atomic E-state index is 12.6. The van der Waals surface area contributed by atoms with Crippen LogP contribution in [0.15, 0.2) is 30.3 Å². The van der Waals surface area contributed by atoms with Crippen molar-refractivity contribution in [2.75, 3.05) is 26.4 Å². The second kappa shape index (κ2) is 7.95. The fourth-order valence-corrected chi connectivity index (χ4v) is 2.86. The van der Waals surface area contributed by atoms with Gasteiger partial charge in [0.05, 0.1) is 13.2 Å². The molecule has 0 bridgehead atoms. The SMILES string of the molecule is CCOC(=O)c1c2c(c(C(=O)OCC)n1Cc1ccccc1)OCCO2. The highest BCUT2D eigenvalue weighted by atomic mass is 16.6. The first-order valence-electron chi connectivity index (χ1n) is 8.57. The maximum absolute atomic E-state index is 12.6. The number of fused-ring (bicyclic) bond motifs is 1. The lowest BCUT2D eigenvalue weighted by molar-refractivity contribution is 0.0502. The number of hydrogen-bond donors (Lipinski definition) is 0. The van der Waals surface area contributed by atoms with E-state index in [1.54, 1.807) is 18.4 Å². The number of benzene rings is 1. The van der Waals surface area contributed by atoms with Crippen molar-refractivity contribution in [1.29, 1.82) is 0 Å². The highest BCUT2D eigenvalue weighted by molar-refractivity contribution is 6.00. The molecule has 1 aromatic carbocycles. The molecule has 7 heteroatoms. The van der Waals surface area contributed by atoms with Crippen LogP contribution in [0.1, 0.15) is 40.4 Å². The van der Waals surface area contributed by atoms with E-state index in [2.05, 4.69) is 0 Å². The van der Waals surface area contributed by atoms with E-state index in [1.807, 2.05) is 30.3 Å². The van der Waals surface area contributed by atoms with Gasteiger partial charge in [0.1, 0.15) is 13.2 Å². The van der Waals surface area contributed by atoms with Crippen molar-refractivity contribution in [3.05, 3.63) is 47.3 Å². The van der Waals surface area contributed by atoms with Crippen LogP contribution < -0.4 is 9.47 Å². The summed E-state index contributed by atoms with van der Waals surface area (Å²) < 4.78 is 23.2. The van der Waals surface area contributed by atoms with Crippen LogP contribution in [0.4, 0.5) is 0 Å². The number of carbonyl (C=O) groups excluding carboxylic acids is 2. The molecule has 0 aliphatic carbocycles. The molecule has 0 radical (unpaired) electrons. The summed E-state index contributed by atoms with van der Waals surface area (Å²) >= 11 is 0. The minimum Gasteiger partial charge on any atom is -0.484 e. The molecule has 26 heavy (non-hydrogen) atoms. The first-order valence-corrected chi connectivity index (χ1v) is 8.57. The minimum atomic E-state index is -0.569. The van der Waals surface area contributed by atoms with E-state index in [1.165, 1.54) is 0 Å². The van der Waals surface area contributed by atoms with Crippen LogP contribution in [0.2, 0.25) is 0 Å². The molecule has 3 rings (SSSR count). The number of esters is 2. The zero-order valence-corrected chi connectivity index (χ0v) is 14.8. The molecule has 0 fully saturated rings. The van der Waals surface area contributed by atoms with E-state index in [0.29, 0.717) is 0 Å². The highest BCUT2D eigenvalue weighted by Gasteiger charge is 2.36. The Balaban J connectivity index is 2.17. The van der Waals surface area contributed by atoms with Crippen LogP contribution in [0.3, 0.4) is 0 Å². The fraction of sp³-hybridized carbons (Fsp3) is 0.368. The summed E-state index contributed by atoms with van der Waals surface area (Å²) in [6.07, 6.45) is 0. The Morgan fingerprint density at radius 3 is 1.88 bits per heavy atom. The molecule has 0 unspecified atom stereocenters. The lowest BCUT2D eigenvalue weighted by atomic mass is 10.2. The van der Waals surface area contributed by atoms with Gasteiger partial charge in [0, 0.05) is 6.54 Å². The van der Waals surface area contributed by atoms with Crippen LogP contribution in [-0.2, 0) is 16.0 Å². The van der Waals surface area contributed by atoms with Gasteiger partial charge in [-0.05, 0) is 19.4 Å². The van der Waals surface area contributed by atoms with Gasteiger partial charge < -0.3 is 23.5 Å². The molecule has 2 heterocycles. The predicted molar refractivity (Wildman–Crippen MR) is 92.9 cm³/mol. The van der Waals surface area contributed by atoms with Crippen molar-refractivity contribution in [3.63, 3.8) is 0 Å². The van der Waals surface area contributed by atoms with Crippen molar-refractivity contribution in [3.8, 4) is 11.5 Å². The lowest BCUT2D eigenvalue weighted by Crippen LogP contribution is -2.19. The smallest absolute Gasteiger partial charge is 0.359 e. The van der Waals surface area contributed by atoms with Gasteiger partial charge in [0.15, 0.2) is 22.9 Å². The first kappa shape index (κ1) is 17.8. The number of aromatic nitrogens is 1. The molecule has 138 valence electrons. The summed E-state index contributed by atoms with van der Waals surface area (Å²) in [5.74, 6) is -0.677. The van der Waals surface area contributed by atoms with Gasteiger partial charge in [-0.1, -0.05) is 30.3 Å². The van der Waals surface area contributed by atoms with Gasteiger partial charge in [0.25, 0.3) is 0 Å². The Hall–Kier alpha value is -2.96. The molecule has 2 aromatic rings. The number of ether oxygens (including phenoxy) is 4. The quantitative estimate of drug-likeness (QED) is 0.738. The van der Waals surface area contributed by atoms with Gasteiger partial charge >= 0.3 is 11.9 Å². The Kier molecular flexibility index (Phi) is 5.46. The lowest BCUT2D eigenvalue weighted by Gasteiger charge is -2.16. The van der Waals surface area contributed by atoms with E-state index in [9.17, 15) is 9.59 Å². The Labute approximate surface area is 151 Å². The summed E-state index contributed by atoms with van der Waals surface area (Å²) in [4.78, 5) is 25.2. The molecule has 0 N–H and O–H groups in total. The Morgan fingerprint density at radius 1 is 0.923 bits per heavy atom. The molecule has 1 aromatic heterocycles. The van der Waals surface area contributed by atoms with E-state index in [-0.39, 0.29) is 55.9 Å². The average molecular weight is 359 g/mol. The molecule has 0 atom stereocenters. The standard InChI is InChI=1S/C19H21NO6/c1-3-23-18(21)14-16-17(26-11-10-25-16)15(19(22)24-4-2)20(14)12-13-8-6-5-7-9-13/h5-9H,3-4,10-12H2,1-2H3. The van der Waals surface area contributed by atoms with E-state index >= 15 is 0 Å². The van der Waals surface area contributed by atoms with E-state index in [0.717, 1.165) is 5.56 Å². The summed E-state index contributed by atoms with van der Waals surface area (Å²) in [7, 11) is 0. The largest absolute Gasteiger partial charge is 0.484 e. The first-order chi connectivity index (χ1) is 12.7. The molecule has 1 aliphatic heterocycles. The molecule has 0 spiro atoms. The second-order valence-corrected chi connectivity index (χ2v) is 5.57. The van der Waals surface area contributed by atoms with Crippen molar-refractivity contribution in [2.24, 2.45) is 0 Å². The van der Waals surface area contributed by atoms with Crippen LogP contribution in [0, 0.1) is 0 Å². The zero-order valence-electron chi connectivity index (χ0n) is 14.8. The van der Waals surface area contributed by atoms with Crippen molar-refractivity contribution in [1.82, 2.24) is 4.57 Å². The predicted octanol–water partition coefficient (Wildman–Crippen LogP) is 2.66. The number of rotatable bonds is 6. The van der Waals surface area contributed by atoms with Gasteiger partial charge in [-0.15, -0.1) is 0 Å². The zero-order chi connectivity index (χ0) is 18.5. The number of nitrogens with zero attached hydrogens (tertiary/aromatic N) is 1. The van der Waals surface area contributed by atoms with E-state index < -0.39 is 11.9 Å². The van der Waals surface area contributed by atoms with Crippen LogP contribution in [0.5, 0.6) is 11.5 Å². The Bertz CT molecular complexity index is 751. The fourth-order valence-electron chi connectivity index (χ4n) is 2.86. The van der Waals surface area contributed by atoms with Crippen molar-refractivity contribution in [2.45, 2.75) is 20.4 Å². The summed E-state index contributed by atoms with van der Waals surface area (Å²) in [5.41, 5.74) is 1.23. The Morgan fingerprint density at radius 2 is 1.42 bits per heavy atom. The third kappa shape index (κ3) is 3.37. The maximum Gasteiger partial charge on any atom is 0.359 e. The van der Waals surface area contributed by atoms with Crippen molar-refractivity contribution >= 4 is 11.9 Å².